The smallest absolute Gasteiger partial charge is 0.249 e. The molecule has 0 bridgehead atoms. The molecule has 0 aromatic rings. The molecule has 1 aliphatic carbocycles. The highest BCUT2D eigenvalue weighted by Gasteiger charge is 2.34. The molecular formula is C17H24FN3O3. The highest BCUT2D eigenvalue weighted by molar-refractivity contribution is 6.00. The van der Waals surface area contributed by atoms with E-state index in [0.29, 0.717) is 30.2 Å². The number of hydrogen-bond donors (Lipinski definition) is 3. The first kappa shape index (κ1) is 17.0. The molecule has 0 spiro atoms. The van der Waals surface area contributed by atoms with E-state index >= 15 is 0 Å². The second kappa shape index (κ2) is 7.34. The first-order chi connectivity index (χ1) is 11.6. The van der Waals surface area contributed by atoms with Gasteiger partial charge in [-0.25, -0.2) is 4.39 Å². The van der Waals surface area contributed by atoms with E-state index < -0.39 is 6.04 Å². The van der Waals surface area contributed by atoms with Crippen LogP contribution in [0.25, 0.3) is 0 Å². The molecule has 2 unspecified atom stereocenters. The summed E-state index contributed by atoms with van der Waals surface area (Å²) in [7, 11) is 1.57. The van der Waals surface area contributed by atoms with Crippen LogP contribution in [-0.4, -0.2) is 38.1 Å². The zero-order chi connectivity index (χ0) is 17.1. The van der Waals surface area contributed by atoms with Gasteiger partial charge in [-0.1, -0.05) is 0 Å². The molecular weight excluding hydrogens is 313 g/mol. The third-order valence-electron chi connectivity index (χ3n) is 5.11. The summed E-state index contributed by atoms with van der Waals surface area (Å²) in [5, 5.41) is 8.64. The van der Waals surface area contributed by atoms with Gasteiger partial charge in [-0.15, -0.1) is 0 Å². The number of allylic oxidation sites excluding steroid dienone is 3. The minimum atomic E-state index is -0.540. The number of methoxy groups -OCH3 is 1. The molecule has 3 rings (SSSR count). The van der Waals surface area contributed by atoms with Gasteiger partial charge in [0.15, 0.2) is 0 Å². The molecule has 0 saturated carbocycles. The molecule has 3 aliphatic rings. The predicted molar refractivity (Wildman–Crippen MR) is 86.2 cm³/mol. The zero-order valence-corrected chi connectivity index (χ0v) is 13.9. The maximum absolute atomic E-state index is 14.7. The maximum atomic E-state index is 14.7. The van der Waals surface area contributed by atoms with Crippen molar-refractivity contribution >= 4 is 11.8 Å². The van der Waals surface area contributed by atoms with Gasteiger partial charge < -0.3 is 15.4 Å². The first-order valence-electron chi connectivity index (χ1n) is 8.53. The fraction of sp³-hybridized carbons (Fsp3) is 0.647. The summed E-state index contributed by atoms with van der Waals surface area (Å²) in [5.74, 6) is 0.0279. The van der Waals surface area contributed by atoms with Crippen LogP contribution in [-0.2, 0) is 14.3 Å². The van der Waals surface area contributed by atoms with Crippen molar-refractivity contribution < 1.29 is 18.7 Å². The summed E-state index contributed by atoms with van der Waals surface area (Å²) in [5.41, 5.74) is 0.509. The van der Waals surface area contributed by atoms with E-state index in [0.717, 1.165) is 25.9 Å². The van der Waals surface area contributed by atoms with Crippen LogP contribution in [0.2, 0.25) is 0 Å². The molecule has 2 saturated heterocycles. The fourth-order valence-corrected chi connectivity index (χ4v) is 3.71. The Bertz CT molecular complexity index is 582. The van der Waals surface area contributed by atoms with Crippen molar-refractivity contribution in [2.75, 3.05) is 20.2 Å². The minimum absolute atomic E-state index is 0.155. The molecule has 24 heavy (non-hydrogen) atoms. The lowest BCUT2D eigenvalue weighted by Crippen LogP contribution is -2.50. The quantitative estimate of drug-likeness (QED) is 0.670. The molecule has 2 amide bonds. The lowest BCUT2D eigenvalue weighted by atomic mass is 9.79. The number of rotatable bonds is 4. The van der Waals surface area contributed by atoms with Crippen molar-refractivity contribution in [3.05, 3.63) is 23.4 Å². The second-order valence-corrected chi connectivity index (χ2v) is 6.62. The average molecular weight is 337 g/mol. The van der Waals surface area contributed by atoms with Crippen molar-refractivity contribution in [2.24, 2.45) is 11.8 Å². The van der Waals surface area contributed by atoms with Gasteiger partial charge in [-0.05, 0) is 44.3 Å². The molecule has 0 aromatic heterocycles. The highest BCUT2D eigenvalue weighted by Crippen LogP contribution is 2.38. The molecule has 2 atom stereocenters. The maximum Gasteiger partial charge on any atom is 0.249 e. The summed E-state index contributed by atoms with van der Waals surface area (Å²) in [6.45, 7) is 1.84. The van der Waals surface area contributed by atoms with Gasteiger partial charge in [0.05, 0.1) is 12.8 Å². The van der Waals surface area contributed by atoms with E-state index in [2.05, 4.69) is 16.0 Å². The number of carbonyl (C=O) groups is 2. The Morgan fingerprint density at radius 1 is 1.25 bits per heavy atom. The summed E-state index contributed by atoms with van der Waals surface area (Å²) < 4.78 is 20.1. The molecule has 2 fully saturated rings. The summed E-state index contributed by atoms with van der Waals surface area (Å²) >= 11 is 0. The Morgan fingerprint density at radius 2 is 2.00 bits per heavy atom. The molecule has 7 heteroatoms. The molecule has 6 nitrogen and oxygen atoms in total. The summed E-state index contributed by atoms with van der Waals surface area (Å²) in [6.07, 6.45) is 4.55. The number of ether oxygens (including phenoxy) is 1. The number of imide groups is 1. The van der Waals surface area contributed by atoms with Gasteiger partial charge in [0, 0.05) is 18.8 Å². The van der Waals surface area contributed by atoms with Crippen LogP contribution in [0, 0.1) is 11.8 Å². The van der Waals surface area contributed by atoms with Crippen LogP contribution in [0.15, 0.2) is 23.4 Å². The average Bonchev–Trinajstić information content (AvgIpc) is 2.58. The number of nitrogens with one attached hydrogen (secondary N) is 3. The van der Waals surface area contributed by atoms with Crippen molar-refractivity contribution in [3.63, 3.8) is 0 Å². The number of halogens is 1. The van der Waals surface area contributed by atoms with Crippen molar-refractivity contribution in [1.82, 2.24) is 16.0 Å². The Morgan fingerprint density at radius 3 is 2.67 bits per heavy atom. The summed E-state index contributed by atoms with van der Waals surface area (Å²) in [6, 6.07) is -0.540. The largest absolute Gasteiger partial charge is 0.499 e. The number of piperidine rings is 2. The SMILES string of the molecule is COC1=C(NC2CCC(=O)NC2=O)C=C(F)C(C2CCNCC2)C1. The standard InChI is InChI=1S/C17H24FN3O3/c1-24-15-8-11(10-4-6-19-7-5-10)12(18)9-14(15)20-13-2-3-16(22)21-17(13)23/h9-11,13,19-20H,2-8H2,1H3,(H,21,22,23). The van der Waals surface area contributed by atoms with Gasteiger partial charge in [0.25, 0.3) is 0 Å². The fourth-order valence-electron chi connectivity index (χ4n) is 3.71. The van der Waals surface area contributed by atoms with Crippen LogP contribution in [0.3, 0.4) is 0 Å². The van der Waals surface area contributed by atoms with Crippen LogP contribution in [0.4, 0.5) is 4.39 Å². The van der Waals surface area contributed by atoms with Crippen LogP contribution >= 0.6 is 0 Å². The van der Waals surface area contributed by atoms with Crippen LogP contribution in [0.1, 0.15) is 32.1 Å². The van der Waals surface area contributed by atoms with E-state index in [1.54, 1.807) is 7.11 Å². The number of hydrogen-bond acceptors (Lipinski definition) is 5. The molecule has 0 aromatic carbocycles. The van der Waals surface area contributed by atoms with Gasteiger partial charge >= 0.3 is 0 Å². The normalized spacial score (nSPS) is 29.2. The molecule has 3 N–H and O–H groups in total. The summed E-state index contributed by atoms with van der Waals surface area (Å²) in [4.78, 5) is 23.1. The van der Waals surface area contributed by atoms with Crippen molar-refractivity contribution in [3.8, 4) is 0 Å². The molecule has 2 heterocycles. The van der Waals surface area contributed by atoms with E-state index in [-0.39, 0.29) is 30.0 Å². The zero-order valence-electron chi connectivity index (χ0n) is 13.9. The monoisotopic (exact) mass is 337 g/mol. The third kappa shape index (κ3) is 3.61. The van der Waals surface area contributed by atoms with Gasteiger partial charge in [0.2, 0.25) is 11.8 Å². The highest BCUT2D eigenvalue weighted by atomic mass is 19.1. The van der Waals surface area contributed by atoms with Gasteiger partial charge in [-0.3, -0.25) is 14.9 Å². The number of amides is 2. The van der Waals surface area contributed by atoms with Crippen LogP contribution in [0.5, 0.6) is 0 Å². The Balaban J connectivity index is 1.71. The van der Waals surface area contributed by atoms with Crippen molar-refractivity contribution in [2.45, 2.75) is 38.1 Å². The number of carbonyl (C=O) groups excluding carboxylic acids is 2. The molecule has 0 radical (unpaired) electrons. The minimum Gasteiger partial charge on any atom is -0.499 e. The first-order valence-corrected chi connectivity index (χ1v) is 8.53. The lowest BCUT2D eigenvalue weighted by molar-refractivity contribution is -0.134. The molecule has 132 valence electrons. The third-order valence-corrected chi connectivity index (χ3v) is 5.11. The second-order valence-electron chi connectivity index (χ2n) is 6.62. The van der Waals surface area contributed by atoms with Crippen molar-refractivity contribution in [1.29, 1.82) is 0 Å². The predicted octanol–water partition coefficient (Wildman–Crippen LogP) is 1.11. The van der Waals surface area contributed by atoms with Gasteiger partial charge in [0.1, 0.15) is 17.6 Å². The Hall–Kier alpha value is -1.89. The van der Waals surface area contributed by atoms with Gasteiger partial charge in [-0.2, -0.15) is 0 Å². The van der Waals surface area contributed by atoms with E-state index in [1.165, 1.54) is 6.08 Å². The van der Waals surface area contributed by atoms with E-state index in [1.807, 2.05) is 0 Å². The van der Waals surface area contributed by atoms with E-state index in [4.69, 9.17) is 4.74 Å². The van der Waals surface area contributed by atoms with Crippen LogP contribution < -0.4 is 16.0 Å². The van der Waals surface area contributed by atoms with E-state index in [9.17, 15) is 14.0 Å². The lowest BCUT2D eigenvalue weighted by Gasteiger charge is -2.33. The Labute approximate surface area is 140 Å². The molecule has 2 aliphatic heterocycles. The topological polar surface area (TPSA) is 79.5 Å². The Kier molecular flexibility index (Phi) is 5.18.